The molecule has 2 rings (SSSR count). The van der Waals surface area contributed by atoms with Gasteiger partial charge in [0.15, 0.2) is 0 Å². The fourth-order valence-electron chi connectivity index (χ4n) is 1.54. The summed E-state index contributed by atoms with van der Waals surface area (Å²) in [7, 11) is 0. The highest BCUT2D eigenvalue weighted by Crippen LogP contribution is 2.20. The van der Waals surface area contributed by atoms with E-state index >= 15 is 0 Å². The van der Waals surface area contributed by atoms with Crippen LogP contribution >= 0.6 is 11.6 Å². The highest BCUT2D eigenvalue weighted by molar-refractivity contribution is 6.30. The van der Waals surface area contributed by atoms with E-state index in [4.69, 9.17) is 22.1 Å². The molecule has 0 heterocycles. The lowest BCUT2D eigenvalue weighted by atomic mass is 10.1. The average Bonchev–Trinajstić information content (AvgIpc) is 2.40. The topological polar surface area (TPSA) is 35.2 Å². The van der Waals surface area contributed by atoms with E-state index in [1.54, 1.807) is 6.07 Å². The minimum Gasteiger partial charge on any atom is -0.492 e. The Hall–Kier alpha value is -1.58. The molecule has 0 amide bonds. The van der Waals surface area contributed by atoms with Crippen LogP contribution in [0, 0.1) is 5.82 Å². The van der Waals surface area contributed by atoms with Gasteiger partial charge in [-0.15, -0.1) is 0 Å². The van der Waals surface area contributed by atoms with Crippen molar-refractivity contribution in [2.24, 2.45) is 5.73 Å². The monoisotopic (exact) mass is 265 g/mol. The second-order valence-electron chi connectivity index (χ2n) is 3.90. The van der Waals surface area contributed by atoms with Gasteiger partial charge in [0.1, 0.15) is 18.2 Å². The Balaban J connectivity index is 1.99. The van der Waals surface area contributed by atoms with Crippen molar-refractivity contribution >= 4 is 11.6 Å². The lowest BCUT2D eigenvalue weighted by molar-refractivity contribution is 0.290. The molecule has 2 aromatic carbocycles. The van der Waals surface area contributed by atoms with Crippen molar-refractivity contribution in [2.45, 2.75) is 6.04 Å². The smallest absolute Gasteiger partial charge is 0.142 e. The molecule has 0 saturated heterocycles. The second kappa shape index (κ2) is 5.85. The Kier molecular flexibility index (Phi) is 4.18. The lowest BCUT2D eigenvalue weighted by Crippen LogP contribution is -2.19. The number of para-hydroxylation sites is 1. The zero-order valence-corrected chi connectivity index (χ0v) is 10.4. The normalized spacial score (nSPS) is 12.2. The number of hydrogen-bond acceptors (Lipinski definition) is 2. The van der Waals surface area contributed by atoms with Gasteiger partial charge in [-0.2, -0.15) is 0 Å². The lowest BCUT2D eigenvalue weighted by Gasteiger charge is -2.13. The summed E-state index contributed by atoms with van der Waals surface area (Å²) >= 11 is 5.61. The van der Waals surface area contributed by atoms with Crippen LogP contribution in [-0.4, -0.2) is 6.61 Å². The molecule has 0 aliphatic carbocycles. The third-order valence-corrected chi connectivity index (χ3v) is 2.85. The molecule has 2 N–H and O–H groups in total. The van der Waals surface area contributed by atoms with Crippen LogP contribution in [0.1, 0.15) is 11.6 Å². The van der Waals surface area contributed by atoms with E-state index in [1.807, 2.05) is 30.3 Å². The van der Waals surface area contributed by atoms with E-state index in [-0.39, 0.29) is 11.6 Å². The van der Waals surface area contributed by atoms with Gasteiger partial charge in [-0.05, 0) is 29.8 Å². The standard InChI is InChI=1S/C14H13ClFNO/c15-12-7-6-10(8-13(12)16)14(17)9-18-11-4-2-1-3-5-11/h1-8,14H,9,17H2. The van der Waals surface area contributed by atoms with Crippen molar-refractivity contribution in [1.29, 1.82) is 0 Å². The molecule has 2 nitrogen and oxygen atoms in total. The maximum atomic E-state index is 13.3. The van der Waals surface area contributed by atoms with Crippen LogP contribution in [0.2, 0.25) is 5.02 Å². The quantitative estimate of drug-likeness (QED) is 0.917. The highest BCUT2D eigenvalue weighted by atomic mass is 35.5. The number of hydrogen-bond donors (Lipinski definition) is 1. The number of rotatable bonds is 4. The Morgan fingerprint density at radius 2 is 1.89 bits per heavy atom. The maximum Gasteiger partial charge on any atom is 0.142 e. The van der Waals surface area contributed by atoms with E-state index < -0.39 is 11.9 Å². The second-order valence-corrected chi connectivity index (χ2v) is 4.31. The largest absolute Gasteiger partial charge is 0.492 e. The number of halogens is 2. The first-order chi connectivity index (χ1) is 8.66. The molecule has 2 aromatic rings. The van der Waals surface area contributed by atoms with Crippen molar-refractivity contribution in [2.75, 3.05) is 6.61 Å². The molecule has 1 atom stereocenters. The van der Waals surface area contributed by atoms with Gasteiger partial charge in [0, 0.05) is 0 Å². The van der Waals surface area contributed by atoms with Crippen LogP contribution < -0.4 is 10.5 Å². The van der Waals surface area contributed by atoms with Crippen molar-refractivity contribution < 1.29 is 9.13 Å². The fourth-order valence-corrected chi connectivity index (χ4v) is 1.66. The number of nitrogens with two attached hydrogens (primary N) is 1. The molecule has 0 aromatic heterocycles. The van der Waals surface area contributed by atoms with E-state index in [1.165, 1.54) is 12.1 Å². The molecule has 0 aliphatic heterocycles. The Morgan fingerprint density at radius 1 is 1.17 bits per heavy atom. The molecule has 1 unspecified atom stereocenters. The van der Waals surface area contributed by atoms with Gasteiger partial charge in [-0.1, -0.05) is 35.9 Å². The maximum absolute atomic E-state index is 13.3. The van der Waals surface area contributed by atoms with Crippen LogP contribution in [0.25, 0.3) is 0 Å². The first-order valence-corrected chi connectivity index (χ1v) is 5.93. The molecule has 0 aliphatic rings. The van der Waals surface area contributed by atoms with Gasteiger partial charge in [0.25, 0.3) is 0 Å². The molecule has 94 valence electrons. The molecule has 0 fully saturated rings. The molecular weight excluding hydrogens is 253 g/mol. The van der Waals surface area contributed by atoms with Gasteiger partial charge in [0.2, 0.25) is 0 Å². The highest BCUT2D eigenvalue weighted by Gasteiger charge is 2.09. The summed E-state index contributed by atoms with van der Waals surface area (Å²) in [6.45, 7) is 0.283. The average molecular weight is 266 g/mol. The zero-order chi connectivity index (χ0) is 13.0. The fraction of sp³-hybridized carbons (Fsp3) is 0.143. The predicted molar refractivity (Wildman–Crippen MR) is 70.3 cm³/mol. The van der Waals surface area contributed by atoms with Crippen LogP contribution in [0.5, 0.6) is 5.75 Å². The molecule has 0 spiro atoms. The molecule has 4 heteroatoms. The molecule has 0 radical (unpaired) electrons. The molecule has 0 saturated carbocycles. The summed E-state index contributed by atoms with van der Waals surface area (Å²) in [6.07, 6.45) is 0. The van der Waals surface area contributed by atoms with Crippen LogP contribution in [0.15, 0.2) is 48.5 Å². The predicted octanol–water partition coefficient (Wildman–Crippen LogP) is 3.56. The minimum atomic E-state index is -0.468. The number of benzene rings is 2. The third-order valence-electron chi connectivity index (χ3n) is 2.54. The third kappa shape index (κ3) is 3.22. The van der Waals surface area contributed by atoms with Gasteiger partial charge in [-0.3, -0.25) is 0 Å². The van der Waals surface area contributed by atoms with Gasteiger partial charge in [0.05, 0.1) is 11.1 Å². The summed E-state index contributed by atoms with van der Waals surface area (Å²) in [5.74, 6) is 0.270. The molecular formula is C14H13ClFNO. The van der Waals surface area contributed by atoms with Crippen molar-refractivity contribution in [3.8, 4) is 5.75 Å². The van der Waals surface area contributed by atoms with Gasteiger partial charge in [-0.25, -0.2) is 4.39 Å². The Labute approximate surface area is 110 Å². The summed E-state index contributed by atoms with van der Waals surface area (Å²) in [5, 5.41) is 0.0925. The number of ether oxygens (including phenoxy) is 1. The van der Waals surface area contributed by atoms with Gasteiger partial charge < -0.3 is 10.5 Å². The van der Waals surface area contributed by atoms with Crippen molar-refractivity contribution in [3.63, 3.8) is 0 Å². The first-order valence-electron chi connectivity index (χ1n) is 5.55. The summed E-state index contributed by atoms with van der Waals surface area (Å²) in [4.78, 5) is 0. The van der Waals surface area contributed by atoms with E-state index in [0.717, 1.165) is 5.75 Å². The zero-order valence-electron chi connectivity index (χ0n) is 9.64. The van der Waals surface area contributed by atoms with Crippen LogP contribution in [-0.2, 0) is 0 Å². The minimum absolute atomic E-state index is 0.0925. The van der Waals surface area contributed by atoms with Crippen molar-refractivity contribution in [3.05, 3.63) is 64.9 Å². The van der Waals surface area contributed by atoms with E-state index in [0.29, 0.717) is 5.56 Å². The van der Waals surface area contributed by atoms with Crippen LogP contribution in [0.4, 0.5) is 4.39 Å². The first kappa shape index (κ1) is 12.9. The van der Waals surface area contributed by atoms with Gasteiger partial charge >= 0.3 is 0 Å². The summed E-state index contributed by atoms with van der Waals surface area (Å²) in [6, 6.07) is 13.5. The Bertz CT molecular complexity index is 518. The SMILES string of the molecule is NC(COc1ccccc1)c1ccc(Cl)c(F)c1. The van der Waals surface area contributed by atoms with Crippen molar-refractivity contribution in [1.82, 2.24) is 0 Å². The van der Waals surface area contributed by atoms with E-state index in [2.05, 4.69) is 0 Å². The summed E-state index contributed by atoms with van der Waals surface area (Å²) < 4.78 is 18.8. The van der Waals surface area contributed by atoms with E-state index in [9.17, 15) is 4.39 Å². The molecule has 0 bridgehead atoms. The molecule has 18 heavy (non-hydrogen) atoms. The van der Waals surface area contributed by atoms with Crippen LogP contribution in [0.3, 0.4) is 0 Å². The Morgan fingerprint density at radius 3 is 2.56 bits per heavy atom. The summed E-state index contributed by atoms with van der Waals surface area (Å²) in [5.41, 5.74) is 6.59.